The van der Waals surface area contributed by atoms with Crippen molar-refractivity contribution in [3.63, 3.8) is 0 Å². The molecule has 18 nitrogen and oxygen atoms in total. The number of fused-ring (bicyclic) bond motifs is 1. The molecule has 0 spiro atoms. The van der Waals surface area contributed by atoms with Crippen LogP contribution in [0, 0.1) is 0 Å². The van der Waals surface area contributed by atoms with Gasteiger partial charge in [-0.3, -0.25) is 14.4 Å². The lowest BCUT2D eigenvalue weighted by molar-refractivity contribution is -0.234. The Morgan fingerprint density at radius 3 is 1.51 bits per heavy atom. The van der Waals surface area contributed by atoms with Gasteiger partial charge < -0.3 is 58.6 Å². The minimum atomic E-state index is -1.49. The summed E-state index contributed by atoms with van der Waals surface area (Å²) in [5, 5.41) is 6.86. The second-order valence-electron chi connectivity index (χ2n) is 13.0. The second-order valence-corrected chi connectivity index (χ2v) is 13.0. The van der Waals surface area contributed by atoms with Crippen molar-refractivity contribution in [2.24, 2.45) is 0 Å². The maximum atomic E-state index is 13.1. The van der Waals surface area contributed by atoms with Crippen LogP contribution in [-0.4, -0.2) is 98.9 Å². The van der Waals surface area contributed by atoms with Crippen LogP contribution in [-0.2, 0) is 76.8 Å². The summed E-state index contributed by atoms with van der Waals surface area (Å²) in [5.74, 6) is -4.07. The molecule has 3 aromatic carbocycles. The van der Waals surface area contributed by atoms with Crippen LogP contribution < -0.4 is 16.0 Å². The van der Waals surface area contributed by atoms with Gasteiger partial charge in [0.15, 0.2) is 30.4 Å². The van der Waals surface area contributed by atoms with E-state index in [1.807, 2.05) is 12.1 Å². The molecule has 0 bridgehead atoms. The number of amides is 3. The maximum absolute atomic E-state index is 13.1. The first-order valence-corrected chi connectivity index (χ1v) is 17.8. The Bertz CT molecular complexity index is 1810. The molecule has 5 rings (SSSR count). The first-order valence-electron chi connectivity index (χ1n) is 17.8. The average Bonchev–Trinajstić information content (AvgIpc) is 3.69. The van der Waals surface area contributed by atoms with Crippen LogP contribution in [0.3, 0.4) is 0 Å². The quantitative estimate of drug-likeness (QED) is 0.132. The Morgan fingerprint density at radius 2 is 1.04 bits per heavy atom. The second kappa shape index (κ2) is 20.6. The van der Waals surface area contributed by atoms with Crippen LogP contribution >= 0.6 is 0 Å². The lowest BCUT2D eigenvalue weighted by Gasteiger charge is -2.30. The number of hydrogen-bond acceptors (Lipinski definition) is 15. The van der Waals surface area contributed by atoms with Crippen molar-refractivity contribution in [1.29, 1.82) is 0 Å². The van der Waals surface area contributed by atoms with E-state index in [9.17, 15) is 28.8 Å². The van der Waals surface area contributed by atoms with Crippen LogP contribution in [0.1, 0.15) is 30.5 Å². The molecule has 304 valence electrons. The number of benzene rings is 3. The lowest BCUT2D eigenvalue weighted by Crippen LogP contribution is -2.49. The summed E-state index contributed by atoms with van der Waals surface area (Å²) in [6.45, 7) is 0.473. The largest absolute Gasteiger partial charge is 0.460 e. The van der Waals surface area contributed by atoms with E-state index in [-0.39, 0.29) is 19.8 Å². The molecule has 0 radical (unpaired) electrons. The normalized spacial score (nSPS) is 19.5. The van der Waals surface area contributed by atoms with Gasteiger partial charge in [0.05, 0.1) is 0 Å². The SMILES string of the molecule is CC1(C)O[C@@H]2O[C@H]([C@H](COC(=O)CNC(=O)OCc3ccccc3)OC(=O)CNC(=O)OCc3ccccc3)[C@H](OC(=O)CNC(=O)OCc3ccccc3)[C@@H]2O1. The van der Waals surface area contributed by atoms with Crippen LogP contribution in [0.5, 0.6) is 0 Å². The van der Waals surface area contributed by atoms with E-state index in [4.69, 9.17) is 42.6 Å². The highest BCUT2D eigenvalue weighted by atomic mass is 16.8. The van der Waals surface area contributed by atoms with Crippen LogP contribution in [0.25, 0.3) is 0 Å². The molecular weight excluding hydrogens is 750 g/mol. The molecule has 3 aromatic rings. The van der Waals surface area contributed by atoms with Gasteiger partial charge in [0.1, 0.15) is 52.2 Å². The number of alkyl carbamates (subject to hydrolysis) is 3. The fourth-order valence-corrected chi connectivity index (χ4v) is 5.52. The molecule has 3 amide bonds. The molecule has 0 saturated carbocycles. The first-order chi connectivity index (χ1) is 27.4. The Morgan fingerprint density at radius 1 is 0.596 bits per heavy atom. The van der Waals surface area contributed by atoms with E-state index in [1.54, 1.807) is 92.7 Å². The van der Waals surface area contributed by atoms with E-state index in [0.29, 0.717) is 5.56 Å². The summed E-state index contributed by atoms with van der Waals surface area (Å²) >= 11 is 0. The van der Waals surface area contributed by atoms with Gasteiger partial charge >= 0.3 is 36.2 Å². The molecule has 2 heterocycles. The van der Waals surface area contributed by atoms with Gasteiger partial charge in [-0.1, -0.05) is 91.0 Å². The molecular formula is C39H43N3O15. The summed E-state index contributed by atoms with van der Waals surface area (Å²) in [5.41, 5.74) is 2.17. The third kappa shape index (κ3) is 13.8. The van der Waals surface area contributed by atoms with Crippen molar-refractivity contribution in [3.05, 3.63) is 108 Å². The average molecular weight is 794 g/mol. The zero-order valence-electron chi connectivity index (χ0n) is 31.1. The van der Waals surface area contributed by atoms with Crippen molar-refractivity contribution in [1.82, 2.24) is 16.0 Å². The number of hydrogen-bond donors (Lipinski definition) is 3. The first kappa shape index (κ1) is 41.9. The molecule has 3 N–H and O–H groups in total. The Hall–Kier alpha value is -6.24. The van der Waals surface area contributed by atoms with E-state index >= 15 is 0 Å². The molecule has 0 aliphatic carbocycles. The number of ether oxygens (including phenoxy) is 9. The smallest absolute Gasteiger partial charge is 0.407 e. The van der Waals surface area contributed by atoms with Crippen molar-refractivity contribution in [2.75, 3.05) is 26.2 Å². The molecule has 5 atom stereocenters. The highest BCUT2D eigenvalue weighted by molar-refractivity contribution is 5.79. The summed E-state index contributed by atoms with van der Waals surface area (Å²) in [6.07, 6.45) is -9.07. The predicted octanol–water partition coefficient (Wildman–Crippen LogP) is 3.01. The highest BCUT2D eigenvalue weighted by Crippen LogP contribution is 2.40. The standard InChI is InChI=1S/C39H43N3O15/c1-39(2)56-34-33(54-31(45)20-42-38(48)52-23-27-16-10-5-11-17-27)32(55-35(34)57-39)28(53-30(44)19-41-37(47)51-22-26-14-8-4-9-15-26)24-49-29(43)18-40-36(46)50-21-25-12-6-3-7-13-25/h3-17,28,32-35H,18-24H2,1-2H3,(H,40,46)(H,41,47)(H,42,48)/t28-,32+,33-,34-,35-/m0/s1. The molecule has 2 saturated heterocycles. The van der Waals surface area contributed by atoms with E-state index in [0.717, 1.165) is 11.1 Å². The third-order valence-corrected chi connectivity index (χ3v) is 8.12. The molecule has 2 aliphatic rings. The van der Waals surface area contributed by atoms with E-state index in [2.05, 4.69) is 16.0 Å². The number of nitrogens with one attached hydrogen (secondary N) is 3. The van der Waals surface area contributed by atoms with Gasteiger partial charge in [-0.25, -0.2) is 14.4 Å². The van der Waals surface area contributed by atoms with E-state index in [1.165, 1.54) is 0 Å². The van der Waals surface area contributed by atoms with Gasteiger partial charge in [0.25, 0.3) is 0 Å². The van der Waals surface area contributed by atoms with Gasteiger partial charge in [0, 0.05) is 0 Å². The maximum Gasteiger partial charge on any atom is 0.407 e. The zero-order valence-corrected chi connectivity index (χ0v) is 31.1. The topological polar surface area (TPSA) is 222 Å². The molecule has 0 aromatic heterocycles. The van der Waals surface area contributed by atoms with E-state index < -0.39 is 98.9 Å². The van der Waals surface area contributed by atoms with Gasteiger partial charge in [-0.15, -0.1) is 0 Å². The number of carbonyl (C=O) groups is 6. The van der Waals surface area contributed by atoms with Crippen LogP contribution in [0.15, 0.2) is 91.0 Å². The predicted molar refractivity (Wildman–Crippen MR) is 193 cm³/mol. The number of rotatable bonds is 17. The summed E-state index contributed by atoms with van der Waals surface area (Å²) in [4.78, 5) is 75.7. The third-order valence-electron chi connectivity index (χ3n) is 8.12. The monoisotopic (exact) mass is 793 g/mol. The number of carbonyl (C=O) groups excluding carboxylic acids is 6. The van der Waals surface area contributed by atoms with Gasteiger partial charge in [-0.05, 0) is 30.5 Å². The van der Waals surface area contributed by atoms with Crippen LogP contribution in [0.2, 0.25) is 0 Å². The van der Waals surface area contributed by atoms with Crippen molar-refractivity contribution >= 4 is 36.2 Å². The molecule has 18 heteroatoms. The molecule has 2 aliphatic heterocycles. The fourth-order valence-electron chi connectivity index (χ4n) is 5.52. The van der Waals surface area contributed by atoms with Crippen molar-refractivity contribution in [2.45, 2.75) is 70.2 Å². The van der Waals surface area contributed by atoms with Crippen LogP contribution in [0.4, 0.5) is 14.4 Å². The Balaban J connectivity index is 1.20. The summed E-state index contributed by atoms with van der Waals surface area (Å²) < 4.78 is 49.8. The lowest BCUT2D eigenvalue weighted by atomic mass is 10.1. The Kier molecular flexibility index (Phi) is 15.2. The highest BCUT2D eigenvalue weighted by Gasteiger charge is 2.59. The summed E-state index contributed by atoms with van der Waals surface area (Å²) in [7, 11) is 0. The zero-order chi connectivity index (χ0) is 40.6. The Labute approximate surface area is 327 Å². The molecule has 57 heavy (non-hydrogen) atoms. The minimum absolute atomic E-state index is 0.0413. The molecule has 2 fully saturated rings. The summed E-state index contributed by atoms with van der Waals surface area (Å²) in [6, 6.07) is 26.6. The minimum Gasteiger partial charge on any atom is -0.460 e. The van der Waals surface area contributed by atoms with Crippen molar-refractivity contribution < 1.29 is 71.4 Å². The molecule has 0 unspecified atom stereocenters. The van der Waals surface area contributed by atoms with Gasteiger partial charge in [-0.2, -0.15) is 0 Å². The number of esters is 3. The van der Waals surface area contributed by atoms with Gasteiger partial charge in [0.2, 0.25) is 0 Å². The van der Waals surface area contributed by atoms with Crippen molar-refractivity contribution in [3.8, 4) is 0 Å². The fraction of sp³-hybridized carbons (Fsp3) is 0.385.